The average molecular weight is 310 g/mol. The highest BCUT2D eigenvalue weighted by atomic mass is 32.1. The molecule has 0 aliphatic heterocycles. The normalized spacial score (nSPS) is 11.5. The van der Waals surface area contributed by atoms with E-state index >= 15 is 0 Å². The molecule has 1 heterocycles. The number of hydrogen-bond donors (Lipinski definition) is 0. The van der Waals surface area contributed by atoms with Gasteiger partial charge in [0.1, 0.15) is 5.82 Å². The summed E-state index contributed by atoms with van der Waals surface area (Å²) < 4.78 is 16.0. The number of para-hydroxylation sites is 1. The van der Waals surface area contributed by atoms with E-state index in [1.165, 1.54) is 35.6 Å². The number of aromatic nitrogens is 1. The maximum Gasteiger partial charge on any atom is 0.279 e. The third kappa shape index (κ3) is 2.69. The van der Waals surface area contributed by atoms with Crippen LogP contribution in [0, 0.1) is 18.2 Å². The number of terminal acetylenes is 1. The molecule has 0 saturated heterocycles. The lowest BCUT2D eigenvalue weighted by Gasteiger charge is -1.99. The van der Waals surface area contributed by atoms with Crippen molar-refractivity contribution in [2.24, 2.45) is 4.99 Å². The average Bonchev–Trinajstić information content (AvgIpc) is 2.85. The molecule has 0 radical (unpaired) electrons. The summed E-state index contributed by atoms with van der Waals surface area (Å²) in [4.78, 5) is 16.8. The number of hydrogen-bond acceptors (Lipinski definition) is 2. The number of nitrogens with zero attached hydrogens (tertiary/aromatic N) is 2. The second-order valence-electron chi connectivity index (χ2n) is 4.57. The minimum absolute atomic E-state index is 0.213. The van der Waals surface area contributed by atoms with Crippen molar-refractivity contribution in [1.29, 1.82) is 0 Å². The molecule has 0 bridgehead atoms. The molecule has 0 saturated carbocycles. The van der Waals surface area contributed by atoms with Crippen molar-refractivity contribution < 1.29 is 9.18 Å². The van der Waals surface area contributed by atoms with Crippen LogP contribution in [-0.4, -0.2) is 10.5 Å². The first-order valence-electron chi connectivity index (χ1n) is 6.55. The summed E-state index contributed by atoms with van der Waals surface area (Å²) in [5, 5.41) is 0. The Bertz CT molecular complexity index is 962. The van der Waals surface area contributed by atoms with Crippen LogP contribution in [0.1, 0.15) is 10.4 Å². The molecule has 0 atom stereocenters. The van der Waals surface area contributed by atoms with Gasteiger partial charge in [-0.3, -0.25) is 4.79 Å². The number of carbonyl (C=O) groups excluding carboxylic acids is 1. The van der Waals surface area contributed by atoms with Crippen molar-refractivity contribution in [2.75, 3.05) is 0 Å². The molecular formula is C17H11FN2OS. The topological polar surface area (TPSA) is 34.4 Å². The third-order valence-corrected chi connectivity index (χ3v) is 4.17. The van der Waals surface area contributed by atoms with Crippen molar-refractivity contribution in [2.45, 2.75) is 6.54 Å². The van der Waals surface area contributed by atoms with Crippen molar-refractivity contribution in [3.05, 3.63) is 64.7 Å². The van der Waals surface area contributed by atoms with E-state index in [1.54, 1.807) is 4.57 Å². The van der Waals surface area contributed by atoms with Crippen LogP contribution < -0.4 is 4.80 Å². The van der Waals surface area contributed by atoms with Crippen LogP contribution in [0.5, 0.6) is 0 Å². The fourth-order valence-corrected chi connectivity index (χ4v) is 3.15. The van der Waals surface area contributed by atoms with Crippen molar-refractivity contribution in [1.82, 2.24) is 4.57 Å². The molecule has 0 N–H and O–H groups in total. The summed E-state index contributed by atoms with van der Waals surface area (Å²) in [6.45, 7) is 0.319. The Labute approximate surface area is 130 Å². The predicted octanol–water partition coefficient (Wildman–Crippen LogP) is 3.22. The highest BCUT2D eigenvalue weighted by Gasteiger charge is 2.09. The lowest BCUT2D eigenvalue weighted by Crippen LogP contribution is -2.16. The molecule has 1 aromatic heterocycles. The quantitative estimate of drug-likeness (QED) is 0.669. The molecule has 22 heavy (non-hydrogen) atoms. The molecule has 3 nitrogen and oxygen atoms in total. The highest BCUT2D eigenvalue weighted by molar-refractivity contribution is 7.16. The zero-order valence-corrected chi connectivity index (χ0v) is 12.3. The fourth-order valence-electron chi connectivity index (χ4n) is 2.12. The smallest absolute Gasteiger partial charge is 0.279 e. The van der Waals surface area contributed by atoms with Crippen LogP contribution in [0.2, 0.25) is 0 Å². The number of thiazole rings is 1. The largest absolute Gasteiger partial charge is 0.305 e. The van der Waals surface area contributed by atoms with Gasteiger partial charge in [-0.25, -0.2) is 4.39 Å². The third-order valence-electron chi connectivity index (χ3n) is 3.11. The predicted molar refractivity (Wildman–Crippen MR) is 84.9 cm³/mol. The summed E-state index contributed by atoms with van der Waals surface area (Å²) in [7, 11) is 0. The van der Waals surface area contributed by atoms with Crippen LogP contribution in [0.4, 0.5) is 4.39 Å². The molecule has 1 amide bonds. The zero-order valence-electron chi connectivity index (χ0n) is 11.5. The first kappa shape index (κ1) is 14.2. The van der Waals surface area contributed by atoms with Gasteiger partial charge < -0.3 is 4.57 Å². The van der Waals surface area contributed by atoms with Crippen LogP contribution in [0.15, 0.2) is 53.5 Å². The van der Waals surface area contributed by atoms with E-state index < -0.39 is 11.7 Å². The molecule has 0 unspecified atom stereocenters. The summed E-state index contributed by atoms with van der Waals surface area (Å²) >= 11 is 1.38. The van der Waals surface area contributed by atoms with E-state index in [4.69, 9.17) is 6.42 Å². The molecule has 5 heteroatoms. The lowest BCUT2D eigenvalue weighted by molar-refractivity contribution is 0.0997. The van der Waals surface area contributed by atoms with Gasteiger partial charge in [0.2, 0.25) is 0 Å². The Morgan fingerprint density at radius 1 is 1.27 bits per heavy atom. The second kappa shape index (κ2) is 5.96. The van der Waals surface area contributed by atoms with Gasteiger partial charge in [-0.15, -0.1) is 6.42 Å². The van der Waals surface area contributed by atoms with E-state index in [-0.39, 0.29) is 5.56 Å². The molecule has 0 spiro atoms. The Morgan fingerprint density at radius 3 is 2.86 bits per heavy atom. The van der Waals surface area contributed by atoms with Crippen LogP contribution in [-0.2, 0) is 6.54 Å². The van der Waals surface area contributed by atoms with Gasteiger partial charge in [0.05, 0.1) is 16.8 Å². The van der Waals surface area contributed by atoms with Gasteiger partial charge in [-0.2, -0.15) is 4.99 Å². The van der Waals surface area contributed by atoms with Gasteiger partial charge in [-0.05, 0) is 30.3 Å². The highest BCUT2D eigenvalue weighted by Crippen LogP contribution is 2.16. The van der Waals surface area contributed by atoms with Gasteiger partial charge in [0, 0.05) is 5.56 Å². The van der Waals surface area contributed by atoms with Crippen molar-refractivity contribution in [3.63, 3.8) is 0 Å². The second-order valence-corrected chi connectivity index (χ2v) is 5.58. The monoisotopic (exact) mass is 310 g/mol. The number of fused-ring (bicyclic) bond motifs is 1. The van der Waals surface area contributed by atoms with E-state index in [1.807, 2.05) is 24.3 Å². The first-order chi connectivity index (χ1) is 10.7. The Morgan fingerprint density at radius 2 is 2.09 bits per heavy atom. The molecule has 2 aromatic carbocycles. The number of benzene rings is 2. The summed E-state index contributed by atoms with van der Waals surface area (Å²) in [6, 6.07) is 13.2. The van der Waals surface area contributed by atoms with Gasteiger partial charge in [0.25, 0.3) is 5.91 Å². The van der Waals surface area contributed by atoms with E-state index in [2.05, 4.69) is 10.9 Å². The number of amides is 1. The van der Waals surface area contributed by atoms with Crippen LogP contribution in [0.3, 0.4) is 0 Å². The lowest BCUT2D eigenvalue weighted by atomic mass is 10.2. The number of halogens is 1. The molecule has 0 aliphatic rings. The minimum Gasteiger partial charge on any atom is -0.305 e. The molecule has 108 valence electrons. The van der Waals surface area contributed by atoms with E-state index in [9.17, 15) is 9.18 Å². The molecular weight excluding hydrogens is 299 g/mol. The first-order valence-corrected chi connectivity index (χ1v) is 7.37. The maximum absolute atomic E-state index is 13.2. The van der Waals surface area contributed by atoms with Gasteiger partial charge in [-0.1, -0.05) is 35.5 Å². The summed E-state index contributed by atoms with van der Waals surface area (Å²) in [5.74, 6) is 1.61. The maximum atomic E-state index is 13.2. The zero-order chi connectivity index (χ0) is 15.5. The summed E-state index contributed by atoms with van der Waals surface area (Å²) in [6.07, 6.45) is 5.40. The number of carbonyl (C=O) groups is 1. The Hall–Kier alpha value is -2.71. The fraction of sp³-hybridized carbons (Fsp3) is 0.0588. The summed E-state index contributed by atoms with van der Waals surface area (Å²) in [5.41, 5.74) is 1.14. The number of rotatable bonds is 2. The van der Waals surface area contributed by atoms with Crippen molar-refractivity contribution >= 4 is 27.5 Å². The van der Waals surface area contributed by atoms with Crippen molar-refractivity contribution in [3.8, 4) is 12.3 Å². The van der Waals surface area contributed by atoms with Gasteiger partial charge in [0.15, 0.2) is 4.80 Å². The standard InChI is InChI=1S/C17H11FN2OS/c1-2-10-20-14-8-3-4-9-15(14)22-17(20)19-16(21)12-6-5-7-13(18)11-12/h1,3-9,11H,10H2. The molecule has 3 rings (SSSR count). The molecule has 3 aromatic rings. The Balaban J connectivity index is 2.14. The van der Waals surface area contributed by atoms with E-state index in [0.29, 0.717) is 11.3 Å². The Kier molecular flexibility index (Phi) is 3.86. The van der Waals surface area contributed by atoms with Crippen LogP contribution in [0.25, 0.3) is 10.2 Å². The molecule has 0 fully saturated rings. The van der Waals surface area contributed by atoms with E-state index in [0.717, 1.165) is 10.2 Å². The SMILES string of the molecule is C#CCn1c(=NC(=O)c2cccc(F)c2)sc2ccccc21. The van der Waals surface area contributed by atoms with Crippen LogP contribution >= 0.6 is 11.3 Å². The minimum atomic E-state index is -0.489. The molecule has 0 aliphatic carbocycles. The van der Waals surface area contributed by atoms with Gasteiger partial charge >= 0.3 is 0 Å².